The van der Waals surface area contributed by atoms with Crippen LogP contribution >= 0.6 is 11.6 Å². The van der Waals surface area contributed by atoms with Gasteiger partial charge in [-0.3, -0.25) is 14.9 Å². The van der Waals surface area contributed by atoms with Crippen LogP contribution in [0.2, 0.25) is 29.2 Å². The topological polar surface area (TPSA) is 88.0 Å². The zero-order valence-electron chi connectivity index (χ0n) is 21.0. The molecule has 11 heteroatoms. The number of alkyl halides is 1. The first-order valence-corrected chi connectivity index (χ1v) is 15.8. The van der Waals surface area contributed by atoms with Gasteiger partial charge in [-0.1, -0.05) is 62.7 Å². The van der Waals surface area contributed by atoms with Crippen molar-refractivity contribution in [3.05, 3.63) is 47.3 Å². The quantitative estimate of drug-likeness (QED) is 0.226. The van der Waals surface area contributed by atoms with Crippen LogP contribution in [-0.4, -0.2) is 44.7 Å². The summed E-state index contributed by atoms with van der Waals surface area (Å²) in [7, 11) is -1.39. The summed E-state index contributed by atoms with van der Waals surface area (Å²) in [6.07, 6.45) is 9.44. The lowest BCUT2D eigenvalue weighted by Crippen LogP contribution is -2.29. The molecule has 194 valence electrons. The molecule has 37 heavy (non-hydrogen) atoms. The van der Waals surface area contributed by atoms with E-state index >= 15 is 4.39 Å². The fraction of sp³-hybridized carbons (Fsp3) is 0.385. The minimum atomic E-state index is -1.39. The Morgan fingerprint density at radius 1 is 1.27 bits per heavy atom. The van der Waals surface area contributed by atoms with E-state index in [1.165, 1.54) is 24.3 Å². The van der Waals surface area contributed by atoms with Crippen LogP contribution in [0.15, 0.2) is 30.9 Å². The Labute approximate surface area is 219 Å². The maximum absolute atomic E-state index is 15.7. The number of anilines is 1. The Morgan fingerprint density at radius 2 is 2.00 bits per heavy atom. The number of fused-ring (bicyclic) bond motifs is 2. The number of nitrogens with zero attached hydrogens (tertiary/aromatic N) is 4. The molecule has 7 nitrogen and oxygen atoms in total. The molecule has 1 aliphatic rings. The number of hydrogen-bond donors (Lipinski definition) is 2. The molecule has 2 atom stereocenters. The Morgan fingerprint density at radius 3 is 2.68 bits per heavy atom. The van der Waals surface area contributed by atoms with E-state index in [-0.39, 0.29) is 11.4 Å². The Kier molecular flexibility index (Phi) is 6.89. The van der Waals surface area contributed by atoms with Gasteiger partial charge >= 0.3 is 0 Å². The highest BCUT2D eigenvalue weighted by atomic mass is 35.5. The van der Waals surface area contributed by atoms with Crippen LogP contribution in [0.5, 0.6) is 0 Å². The third kappa shape index (κ3) is 4.68. The van der Waals surface area contributed by atoms with E-state index in [0.717, 1.165) is 6.04 Å². The van der Waals surface area contributed by atoms with Gasteiger partial charge in [-0.25, -0.2) is 13.8 Å². The van der Waals surface area contributed by atoms with Gasteiger partial charge in [0.15, 0.2) is 17.3 Å². The maximum Gasteiger partial charge on any atom is 0.231 e. The van der Waals surface area contributed by atoms with E-state index in [4.69, 9.17) is 11.6 Å². The number of aromatic amines is 1. The van der Waals surface area contributed by atoms with Crippen LogP contribution in [0.25, 0.3) is 33.9 Å². The molecule has 1 saturated carbocycles. The largest absolute Gasteiger partial charge is 0.309 e. The van der Waals surface area contributed by atoms with E-state index in [0.29, 0.717) is 39.2 Å². The third-order valence-electron chi connectivity index (χ3n) is 7.81. The number of carbonyl (C=O) groups excluding carboxylic acids is 1. The number of allylic oxidation sites excluding steroid dienone is 1. The Bertz CT molecular complexity index is 1500. The number of nitrogens with one attached hydrogen (secondary N) is 2. The van der Waals surface area contributed by atoms with Crippen molar-refractivity contribution in [3.63, 3.8) is 0 Å². The predicted octanol–water partition coefficient (Wildman–Crippen LogP) is 6.88. The van der Waals surface area contributed by atoms with Crippen molar-refractivity contribution >= 4 is 54.0 Å². The van der Waals surface area contributed by atoms with Crippen LogP contribution in [0.1, 0.15) is 32.8 Å². The number of amides is 1. The summed E-state index contributed by atoms with van der Waals surface area (Å²) in [6, 6.07) is 4.56. The zero-order valence-corrected chi connectivity index (χ0v) is 22.7. The van der Waals surface area contributed by atoms with E-state index < -0.39 is 31.9 Å². The average molecular weight is 543 g/mol. The number of carbonyl (C=O) groups is 1. The molecule has 3 heterocycles. The van der Waals surface area contributed by atoms with Crippen LogP contribution < -0.4 is 5.32 Å². The molecule has 0 unspecified atom stereocenters. The van der Waals surface area contributed by atoms with Crippen molar-refractivity contribution in [1.82, 2.24) is 24.6 Å². The van der Waals surface area contributed by atoms with Crippen molar-refractivity contribution in [2.24, 2.45) is 5.92 Å². The number of H-pyrrole nitrogens is 1. The molecule has 5 rings (SSSR count). The molecule has 0 spiro atoms. The summed E-state index contributed by atoms with van der Waals surface area (Å²) in [5.41, 5.74) is 2.25. The highest BCUT2D eigenvalue weighted by Crippen LogP contribution is 2.39. The minimum Gasteiger partial charge on any atom is -0.309 e. The number of benzene rings is 1. The third-order valence-corrected chi connectivity index (χ3v) is 13.8. The second kappa shape index (κ2) is 9.98. The van der Waals surface area contributed by atoms with E-state index in [1.54, 1.807) is 23.0 Å². The van der Waals surface area contributed by atoms with Crippen molar-refractivity contribution in [1.29, 1.82) is 0 Å². The first kappa shape index (κ1) is 25.5. The molecular weight excluding hydrogens is 514 g/mol. The summed E-state index contributed by atoms with van der Waals surface area (Å²) < 4.78 is 30.5. The summed E-state index contributed by atoms with van der Waals surface area (Å²) in [6.45, 7) is 6.75. The maximum atomic E-state index is 15.7. The molecule has 4 aromatic rings. The molecule has 1 aliphatic carbocycles. The number of imidazole rings is 1. The smallest absolute Gasteiger partial charge is 0.231 e. The average Bonchev–Trinajstić information content (AvgIpc) is 3.26. The van der Waals surface area contributed by atoms with Gasteiger partial charge in [0, 0.05) is 22.7 Å². The first-order valence-electron chi connectivity index (χ1n) is 12.6. The highest BCUT2D eigenvalue weighted by Gasteiger charge is 2.43. The van der Waals surface area contributed by atoms with Crippen LogP contribution in [-0.2, 0) is 4.79 Å². The predicted molar refractivity (Wildman–Crippen MR) is 146 cm³/mol. The van der Waals surface area contributed by atoms with Gasteiger partial charge in [0.05, 0.1) is 48.8 Å². The summed E-state index contributed by atoms with van der Waals surface area (Å²) in [5, 5.41) is 10.3. The summed E-state index contributed by atoms with van der Waals surface area (Å²) in [5.74, 6) is -1.26. The fourth-order valence-corrected chi connectivity index (χ4v) is 8.18. The molecule has 1 amide bonds. The van der Waals surface area contributed by atoms with Crippen LogP contribution in [0, 0.1) is 11.7 Å². The lowest BCUT2D eigenvalue weighted by Gasteiger charge is -2.26. The number of halogens is 3. The lowest BCUT2D eigenvalue weighted by molar-refractivity contribution is -0.117. The van der Waals surface area contributed by atoms with Gasteiger partial charge in [-0.2, -0.15) is 5.10 Å². The van der Waals surface area contributed by atoms with Gasteiger partial charge in [-0.15, -0.1) is 0 Å². The molecule has 2 N–H and O–H groups in total. The lowest BCUT2D eigenvalue weighted by atomic mass is 10.0. The Balaban J connectivity index is 1.50. The van der Waals surface area contributed by atoms with Crippen LogP contribution in [0.4, 0.5) is 14.6 Å². The summed E-state index contributed by atoms with van der Waals surface area (Å²) in [4.78, 5) is 20.8. The second-order valence-electron chi connectivity index (χ2n) is 9.75. The van der Waals surface area contributed by atoms with E-state index in [1.807, 2.05) is 6.08 Å². The highest BCUT2D eigenvalue weighted by molar-refractivity contribution is 6.80. The molecule has 0 aliphatic heterocycles. The molecule has 0 radical (unpaired) electrons. The number of rotatable bonds is 9. The monoisotopic (exact) mass is 542 g/mol. The van der Waals surface area contributed by atoms with Gasteiger partial charge in [0.25, 0.3) is 0 Å². The molecular formula is C26H29ClF2N6OSi. The van der Waals surface area contributed by atoms with Crippen molar-refractivity contribution in [3.8, 4) is 11.3 Å². The van der Waals surface area contributed by atoms with Gasteiger partial charge < -0.3 is 9.72 Å². The van der Waals surface area contributed by atoms with E-state index in [9.17, 15) is 9.18 Å². The zero-order chi connectivity index (χ0) is 26.3. The molecule has 3 aromatic heterocycles. The normalized spacial score (nSPS) is 17.8. The van der Waals surface area contributed by atoms with Gasteiger partial charge in [0.2, 0.25) is 5.91 Å². The Hall–Kier alpha value is -3.11. The minimum absolute atomic E-state index is 0.0401. The molecule has 1 fully saturated rings. The SMILES string of the molecule is CC[Si](CC)(CC)C/C=C/c1c(F)c(Cl)c(-c2cn3cc(NC(=O)[C@@H]4C[C@@H]4F)nc3cn2)c2cn[nH]c12. The second-order valence-corrected chi connectivity index (χ2v) is 15.7. The molecule has 1 aromatic carbocycles. The standard InChI is InChI=1S/C26H29ClF2N6OSi/c1-4-37(5-2,6-3)9-7-8-15-24(29)23(27)22(17-11-31-34-25(15)17)19-13-35-14-20(32-21(35)12-30-19)33-26(36)16-10-18(16)28/h7-8,11-14,16,18H,4-6,9-10H2,1-3H3,(H,31,34)(H,33,36)/b8-7+/t16-,18+/m1/s1. The van der Waals surface area contributed by atoms with Crippen molar-refractivity contribution in [2.45, 2.75) is 57.5 Å². The van der Waals surface area contributed by atoms with Gasteiger partial charge in [-0.05, 0) is 12.5 Å². The molecule has 0 bridgehead atoms. The fourth-order valence-electron chi connectivity index (χ4n) is 4.90. The number of aromatic nitrogens is 5. The first-order chi connectivity index (χ1) is 17.8. The van der Waals surface area contributed by atoms with Gasteiger partial charge in [0.1, 0.15) is 6.17 Å². The van der Waals surface area contributed by atoms with Crippen LogP contribution in [0.3, 0.4) is 0 Å². The summed E-state index contributed by atoms with van der Waals surface area (Å²) >= 11 is 6.60. The van der Waals surface area contributed by atoms with Crippen molar-refractivity contribution in [2.75, 3.05) is 5.32 Å². The van der Waals surface area contributed by atoms with Crippen molar-refractivity contribution < 1.29 is 13.6 Å². The van der Waals surface area contributed by atoms with E-state index in [2.05, 4.69) is 52.3 Å². The number of hydrogen-bond acceptors (Lipinski definition) is 4. The molecule has 0 saturated heterocycles.